The summed E-state index contributed by atoms with van der Waals surface area (Å²) in [7, 11) is -3.35. The molecule has 0 aliphatic carbocycles. The van der Waals surface area contributed by atoms with Crippen LogP contribution in [0.15, 0.2) is 57.8 Å². The third kappa shape index (κ3) is 3.92. The third-order valence-corrected chi connectivity index (χ3v) is 4.55. The molecule has 0 aliphatic rings. The first-order valence-electron chi connectivity index (χ1n) is 7.35. The minimum absolute atomic E-state index is 0.0636. The Morgan fingerprint density at radius 1 is 1.08 bits per heavy atom. The number of rotatable bonds is 4. The van der Waals surface area contributed by atoms with Crippen LogP contribution in [0.25, 0.3) is 11.5 Å². The van der Waals surface area contributed by atoms with E-state index in [1.54, 1.807) is 30.3 Å². The van der Waals surface area contributed by atoms with E-state index < -0.39 is 9.84 Å². The van der Waals surface area contributed by atoms with Crippen molar-refractivity contribution in [2.45, 2.75) is 11.8 Å². The molecule has 1 N–H and O–H groups in total. The number of amides is 1. The van der Waals surface area contributed by atoms with Crippen molar-refractivity contribution in [2.24, 2.45) is 0 Å². The molecule has 0 unspecified atom stereocenters. The molecule has 128 valence electrons. The zero-order chi connectivity index (χ0) is 18.0. The number of sulfone groups is 1. The predicted molar refractivity (Wildman–Crippen MR) is 92.0 cm³/mol. The van der Waals surface area contributed by atoms with Crippen LogP contribution in [-0.4, -0.2) is 30.8 Å². The monoisotopic (exact) mass is 357 g/mol. The lowest BCUT2D eigenvalue weighted by Crippen LogP contribution is -2.12. The molecule has 0 bridgehead atoms. The summed E-state index contributed by atoms with van der Waals surface area (Å²) in [4.78, 5) is 12.3. The maximum Gasteiger partial charge on any atom is 0.322 e. The van der Waals surface area contributed by atoms with E-state index in [1.165, 1.54) is 12.1 Å². The maximum absolute atomic E-state index is 12.2. The van der Waals surface area contributed by atoms with Crippen LogP contribution in [-0.2, 0) is 9.84 Å². The van der Waals surface area contributed by atoms with Gasteiger partial charge in [-0.25, -0.2) is 8.42 Å². The summed E-state index contributed by atoms with van der Waals surface area (Å²) in [5.41, 5.74) is 1.88. The molecule has 1 amide bonds. The second-order valence-electron chi connectivity index (χ2n) is 5.54. The summed E-state index contributed by atoms with van der Waals surface area (Å²) >= 11 is 0. The first kappa shape index (κ1) is 16.8. The second-order valence-corrected chi connectivity index (χ2v) is 7.55. The van der Waals surface area contributed by atoms with E-state index in [-0.39, 0.29) is 22.7 Å². The number of hydrogen-bond donors (Lipinski definition) is 1. The molecule has 1 aromatic heterocycles. The normalized spacial score (nSPS) is 11.3. The van der Waals surface area contributed by atoms with E-state index in [2.05, 4.69) is 15.5 Å². The fourth-order valence-electron chi connectivity index (χ4n) is 2.21. The number of nitrogens with one attached hydrogen (secondary N) is 1. The minimum atomic E-state index is -3.35. The van der Waals surface area contributed by atoms with Crippen LogP contribution in [0, 0.1) is 6.92 Å². The molecule has 0 saturated heterocycles. The first-order valence-corrected chi connectivity index (χ1v) is 9.24. The summed E-state index contributed by atoms with van der Waals surface area (Å²) in [5.74, 6) is -0.256. The van der Waals surface area contributed by atoms with Crippen LogP contribution < -0.4 is 5.32 Å². The van der Waals surface area contributed by atoms with E-state index >= 15 is 0 Å². The van der Waals surface area contributed by atoms with Gasteiger partial charge in [0.15, 0.2) is 9.84 Å². The van der Waals surface area contributed by atoms with Gasteiger partial charge in [-0.1, -0.05) is 28.9 Å². The summed E-state index contributed by atoms with van der Waals surface area (Å²) in [6.07, 6.45) is 1.12. The fraction of sp³-hybridized carbons (Fsp3) is 0.118. The summed E-state index contributed by atoms with van der Waals surface area (Å²) < 4.78 is 28.7. The van der Waals surface area contributed by atoms with Crippen molar-refractivity contribution < 1.29 is 17.6 Å². The van der Waals surface area contributed by atoms with Crippen molar-refractivity contribution >= 4 is 21.8 Å². The largest absolute Gasteiger partial charge is 0.403 e. The fourth-order valence-corrected chi connectivity index (χ4v) is 2.87. The molecule has 3 rings (SSSR count). The highest BCUT2D eigenvalue weighted by molar-refractivity contribution is 7.90. The number of benzene rings is 2. The average molecular weight is 357 g/mol. The van der Waals surface area contributed by atoms with Gasteiger partial charge < -0.3 is 4.42 Å². The highest BCUT2D eigenvalue weighted by Crippen LogP contribution is 2.23. The van der Waals surface area contributed by atoms with E-state index in [0.717, 1.165) is 11.8 Å². The van der Waals surface area contributed by atoms with Crippen molar-refractivity contribution in [1.29, 1.82) is 0 Å². The highest BCUT2D eigenvalue weighted by atomic mass is 32.2. The lowest BCUT2D eigenvalue weighted by atomic mass is 10.1. The molecule has 7 nitrogen and oxygen atoms in total. The molecule has 0 fully saturated rings. The molecule has 0 radical (unpaired) electrons. The van der Waals surface area contributed by atoms with Gasteiger partial charge in [-0.2, -0.15) is 0 Å². The number of aromatic nitrogens is 2. The molecule has 3 aromatic rings. The topological polar surface area (TPSA) is 102 Å². The Hall–Kier alpha value is -3.00. The van der Waals surface area contributed by atoms with E-state index in [9.17, 15) is 13.2 Å². The SMILES string of the molecule is Cc1cccc(C(=O)Nc2nnc(-c3cccc(S(C)(=O)=O)c3)o2)c1. The molecule has 8 heteroatoms. The van der Waals surface area contributed by atoms with Gasteiger partial charge in [0.2, 0.25) is 5.89 Å². The molecular formula is C17H15N3O4S. The summed E-state index contributed by atoms with van der Waals surface area (Å²) in [6.45, 7) is 1.89. The Labute approximate surface area is 144 Å². The molecule has 0 saturated carbocycles. The highest BCUT2D eigenvalue weighted by Gasteiger charge is 2.15. The Morgan fingerprint density at radius 3 is 2.56 bits per heavy atom. The Kier molecular flexibility index (Phi) is 4.37. The molecule has 25 heavy (non-hydrogen) atoms. The molecule has 0 aliphatic heterocycles. The predicted octanol–water partition coefficient (Wildman–Crippen LogP) is 2.70. The van der Waals surface area contributed by atoms with Gasteiger partial charge in [-0.3, -0.25) is 10.1 Å². The number of aryl methyl sites for hydroxylation is 1. The van der Waals surface area contributed by atoms with Crippen LogP contribution in [0.3, 0.4) is 0 Å². The zero-order valence-electron chi connectivity index (χ0n) is 13.6. The van der Waals surface area contributed by atoms with Crippen molar-refractivity contribution in [3.8, 4) is 11.5 Å². The van der Waals surface area contributed by atoms with Gasteiger partial charge in [0.05, 0.1) is 4.90 Å². The summed E-state index contributed by atoms with van der Waals surface area (Å²) in [5, 5.41) is 10.1. The number of anilines is 1. The van der Waals surface area contributed by atoms with E-state index in [1.807, 2.05) is 13.0 Å². The van der Waals surface area contributed by atoms with Gasteiger partial charge in [-0.05, 0) is 37.3 Å². The van der Waals surface area contributed by atoms with Gasteiger partial charge in [0, 0.05) is 17.4 Å². The van der Waals surface area contributed by atoms with Gasteiger partial charge >= 0.3 is 6.01 Å². The molecule has 2 aromatic carbocycles. The number of hydrogen-bond acceptors (Lipinski definition) is 6. The minimum Gasteiger partial charge on any atom is -0.403 e. The van der Waals surface area contributed by atoms with Crippen LogP contribution >= 0.6 is 0 Å². The van der Waals surface area contributed by atoms with Crippen molar-refractivity contribution in [3.63, 3.8) is 0 Å². The van der Waals surface area contributed by atoms with Crippen LogP contribution in [0.5, 0.6) is 0 Å². The van der Waals surface area contributed by atoms with Crippen LogP contribution in [0.1, 0.15) is 15.9 Å². The summed E-state index contributed by atoms with van der Waals surface area (Å²) in [6, 6.07) is 13.2. The average Bonchev–Trinajstić information content (AvgIpc) is 3.03. The van der Waals surface area contributed by atoms with E-state index in [4.69, 9.17) is 4.42 Å². The molecule has 0 atom stereocenters. The molecular weight excluding hydrogens is 342 g/mol. The van der Waals surface area contributed by atoms with Crippen molar-refractivity contribution in [3.05, 3.63) is 59.7 Å². The number of carbonyl (C=O) groups excluding carboxylic acids is 1. The second kappa shape index (κ2) is 6.48. The van der Waals surface area contributed by atoms with Crippen LogP contribution in [0.4, 0.5) is 6.01 Å². The van der Waals surface area contributed by atoms with Crippen molar-refractivity contribution in [1.82, 2.24) is 10.2 Å². The first-order chi connectivity index (χ1) is 11.8. The standard InChI is InChI=1S/C17H15N3O4S/c1-11-5-3-6-12(9-11)15(21)18-17-20-19-16(24-17)13-7-4-8-14(10-13)25(2,22)23/h3-10H,1-2H3,(H,18,20,21). The number of carbonyl (C=O) groups is 1. The molecule has 0 spiro atoms. The van der Waals surface area contributed by atoms with Crippen LogP contribution in [0.2, 0.25) is 0 Å². The third-order valence-electron chi connectivity index (χ3n) is 3.43. The smallest absolute Gasteiger partial charge is 0.322 e. The van der Waals surface area contributed by atoms with Gasteiger partial charge in [0.1, 0.15) is 0 Å². The quantitative estimate of drug-likeness (QED) is 0.770. The molecule has 1 heterocycles. The number of nitrogens with zero attached hydrogens (tertiary/aromatic N) is 2. The Bertz CT molecular complexity index is 1040. The van der Waals surface area contributed by atoms with Gasteiger partial charge in [-0.15, -0.1) is 5.10 Å². The van der Waals surface area contributed by atoms with E-state index in [0.29, 0.717) is 11.1 Å². The lowest BCUT2D eigenvalue weighted by molar-refractivity contribution is 0.102. The van der Waals surface area contributed by atoms with Crippen molar-refractivity contribution in [2.75, 3.05) is 11.6 Å². The Balaban J connectivity index is 1.82. The lowest BCUT2D eigenvalue weighted by Gasteiger charge is -2.02. The Morgan fingerprint density at radius 2 is 1.84 bits per heavy atom. The maximum atomic E-state index is 12.2. The zero-order valence-corrected chi connectivity index (χ0v) is 14.4. The van der Waals surface area contributed by atoms with Gasteiger partial charge in [0.25, 0.3) is 5.91 Å².